The molecule has 0 aliphatic heterocycles. The number of tetrazole rings is 1. The summed E-state index contributed by atoms with van der Waals surface area (Å²) in [7, 11) is 0. The van der Waals surface area contributed by atoms with Gasteiger partial charge in [0.2, 0.25) is 5.16 Å². The van der Waals surface area contributed by atoms with E-state index in [0.29, 0.717) is 17.6 Å². The maximum atomic E-state index is 4.64. The van der Waals surface area contributed by atoms with Crippen molar-refractivity contribution in [2.45, 2.75) is 43.9 Å². The number of hydrogen-bond donors (Lipinski definition) is 0. The molecule has 0 bridgehead atoms. The summed E-state index contributed by atoms with van der Waals surface area (Å²) in [5.74, 6) is 1.35. The lowest BCUT2D eigenvalue weighted by Crippen LogP contribution is -2.01. The van der Waals surface area contributed by atoms with E-state index in [1.165, 1.54) is 17.3 Å². The number of fused-ring (bicyclic) bond motifs is 1. The van der Waals surface area contributed by atoms with Gasteiger partial charge in [-0.1, -0.05) is 19.9 Å². The van der Waals surface area contributed by atoms with E-state index < -0.39 is 0 Å². The molecule has 0 fully saturated rings. The van der Waals surface area contributed by atoms with Gasteiger partial charge in [0.15, 0.2) is 0 Å². The Labute approximate surface area is 143 Å². The highest BCUT2D eigenvalue weighted by Gasteiger charge is 2.17. The highest BCUT2D eigenvalue weighted by atomic mass is 32.2. The number of aromatic nitrogens is 6. The summed E-state index contributed by atoms with van der Waals surface area (Å²) in [5, 5.41) is 16.8. The van der Waals surface area contributed by atoms with Crippen LogP contribution in [0.1, 0.15) is 25.2 Å². The zero-order valence-electron chi connectivity index (χ0n) is 13.4. The molecule has 0 radical (unpaired) electrons. The molecule has 6 nitrogen and oxygen atoms in total. The maximum Gasteiger partial charge on any atom is 0.215 e. The van der Waals surface area contributed by atoms with E-state index >= 15 is 0 Å². The Hall–Kier alpha value is -1.80. The Morgan fingerprint density at radius 2 is 2.22 bits per heavy atom. The molecule has 8 heteroatoms. The molecule has 0 saturated carbocycles. The van der Waals surface area contributed by atoms with E-state index in [9.17, 15) is 0 Å². The molecule has 0 N–H and O–H groups in total. The van der Waals surface area contributed by atoms with Gasteiger partial charge in [-0.05, 0) is 52.4 Å². The van der Waals surface area contributed by atoms with Crippen LogP contribution in [-0.4, -0.2) is 30.2 Å². The van der Waals surface area contributed by atoms with Crippen LogP contribution in [0, 0.1) is 12.8 Å². The molecule has 3 rings (SSSR count). The largest absolute Gasteiger partial charge is 0.226 e. The van der Waals surface area contributed by atoms with E-state index in [0.717, 1.165) is 27.5 Å². The molecule has 0 unspecified atom stereocenters. The fourth-order valence-corrected chi connectivity index (χ4v) is 4.36. The van der Waals surface area contributed by atoms with Gasteiger partial charge in [0.25, 0.3) is 0 Å². The predicted octanol–water partition coefficient (Wildman–Crippen LogP) is 3.52. The third-order valence-electron chi connectivity index (χ3n) is 3.21. The summed E-state index contributed by atoms with van der Waals surface area (Å²) < 4.78 is 1.72. The molecule has 3 aromatic heterocycles. The first-order valence-electron chi connectivity index (χ1n) is 7.38. The quantitative estimate of drug-likeness (QED) is 0.502. The van der Waals surface area contributed by atoms with Gasteiger partial charge in [-0.25, -0.2) is 14.6 Å². The molecule has 120 valence electrons. The molecule has 0 spiro atoms. The van der Waals surface area contributed by atoms with Gasteiger partial charge < -0.3 is 0 Å². The fraction of sp³-hybridized carbons (Fsp3) is 0.400. The molecule has 0 aliphatic carbocycles. The number of thiophene rings is 1. The molecular weight excluding hydrogens is 328 g/mol. The first-order chi connectivity index (χ1) is 11.1. The number of rotatable bonds is 6. The van der Waals surface area contributed by atoms with Crippen LogP contribution in [0.25, 0.3) is 10.2 Å². The molecule has 3 heterocycles. The van der Waals surface area contributed by atoms with Crippen molar-refractivity contribution in [3.8, 4) is 0 Å². The summed E-state index contributed by atoms with van der Waals surface area (Å²) in [6.07, 6.45) is 2.79. The van der Waals surface area contributed by atoms with Gasteiger partial charge >= 0.3 is 0 Å². The second kappa shape index (κ2) is 6.76. The lowest BCUT2D eigenvalue weighted by molar-refractivity contribution is 0.614. The average Bonchev–Trinajstić information content (AvgIpc) is 3.06. The van der Waals surface area contributed by atoms with Crippen molar-refractivity contribution < 1.29 is 0 Å². The van der Waals surface area contributed by atoms with Crippen molar-refractivity contribution in [2.24, 2.45) is 5.92 Å². The Morgan fingerprint density at radius 1 is 1.39 bits per heavy atom. The zero-order valence-corrected chi connectivity index (χ0v) is 15.0. The zero-order chi connectivity index (χ0) is 16.4. The summed E-state index contributed by atoms with van der Waals surface area (Å²) in [4.78, 5) is 10.2. The van der Waals surface area contributed by atoms with Crippen molar-refractivity contribution >= 4 is 33.3 Å². The molecule has 0 aromatic carbocycles. The van der Waals surface area contributed by atoms with Crippen molar-refractivity contribution in [3.63, 3.8) is 0 Å². The number of aryl methyl sites for hydroxylation is 1. The van der Waals surface area contributed by atoms with Crippen molar-refractivity contribution in [1.82, 2.24) is 30.2 Å². The first kappa shape index (κ1) is 16.1. The van der Waals surface area contributed by atoms with Crippen LogP contribution in [0.3, 0.4) is 0 Å². The minimum Gasteiger partial charge on any atom is -0.226 e. The fourth-order valence-electron chi connectivity index (χ4n) is 2.32. The monoisotopic (exact) mass is 346 g/mol. The Kier molecular flexibility index (Phi) is 4.72. The third-order valence-corrected chi connectivity index (χ3v) is 5.09. The topological polar surface area (TPSA) is 69.4 Å². The van der Waals surface area contributed by atoms with Gasteiger partial charge in [0.1, 0.15) is 15.7 Å². The van der Waals surface area contributed by atoms with Gasteiger partial charge in [0, 0.05) is 5.39 Å². The highest BCUT2D eigenvalue weighted by Crippen LogP contribution is 2.36. The lowest BCUT2D eigenvalue weighted by Gasteiger charge is -2.07. The summed E-state index contributed by atoms with van der Waals surface area (Å²) in [6.45, 7) is 10.7. The molecule has 3 aromatic rings. The summed E-state index contributed by atoms with van der Waals surface area (Å²) in [5.41, 5.74) is 1.30. The van der Waals surface area contributed by atoms with Crippen LogP contribution in [0.5, 0.6) is 0 Å². The molecule has 0 saturated heterocycles. The van der Waals surface area contributed by atoms with Gasteiger partial charge in [0.05, 0.1) is 6.54 Å². The van der Waals surface area contributed by atoms with Crippen molar-refractivity contribution in [1.29, 1.82) is 0 Å². The second-order valence-corrected chi connectivity index (χ2v) is 7.46. The van der Waals surface area contributed by atoms with E-state index in [-0.39, 0.29) is 0 Å². The van der Waals surface area contributed by atoms with E-state index in [2.05, 4.69) is 51.3 Å². The van der Waals surface area contributed by atoms with Crippen LogP contribution >= 0.6 is 23.1 Å². The van der Waals surface area contributed by atoms with Crippen LogP contribution in [0.4, 0.5) is 0 Å². The van der Waals surface area contributed by atoms with Crippen molar-refractivity contribution in [2.75, 3.05) is 0 Å². The minimum atomic E-state index is 0.574. The number of hydrogen-bond acceptors (Lipinski definition) is 7. The average molecular weight is 346 g/mol. The Balaban J connectivity index is 2.06. The first-order valence-corrected chi connectivity index (χ1v) is 9.07. The normalized spacial score (nSPS) is 11.5. The van der Waals surface area contributed by atoms with Crippen LogP contribution in [0.2, 0.25) is 0 Å². The van der Waals surface area contributed by atoms with E-state index in [1.807, 2.05) is 6.92 Å². The molecular formula is C15H18N6S2. The standard InChI is InChI=1S/C15H18N6S2/c1-5-6-21-15(18-19-20-21)23-14-12-11(7-9(2)3)8-22-13(12)16-10(4)17-14/h5,8-9H,1,6-7H2,2-4H3. The van der Waals surface area contributed by atoms with Gasteiger partial charge in [-0.15, -0.1) is 23.0 Å². The van der Waals surface area contributed by atoms with Crippen LogP contribution in [0.15, 0.2) is 28.2 Å². The van der Waals surface area contributed by atoms with Crippen molar-refractivity contribution in [3.05, 3.63) is 29.4 Å². The summed E-state index contributed by atoms with van der Waals surface area (Å²) in [6, 6.07) is 0. The predicted molar refractivity (Wildman–Crippen MR) is 92.8 cm³/mol. The lowest BCUT2D eigenvalue weighted by atomic mass is 10.0. The molecule has 0 atom stereocenters. The molecule has 23 heavy (non-hydrogen) atoms. The van der Waals surface area contributed by atoms with E-state index in [4.69, 9.17) is 0 Å². The number of nitrogens with zero attached hydrogens (tertiary/aromatic N) is 6. The van der Waals surface area contributed by atoms with E-state index in [1.54, 1.807) is 22.1 Å². The second-order valence-electron chi connectivity index (χ2n) is 5.65. The van der Waals surface area contributed by atoms with Crippen LogP contribution in [-0.2, 0) is 13.0 Å². The van der Waals surface area contributed by atoms with Gasteiger partial charge in [-0.3, -0.25) is 0 Å². The van der Waals surface area contributed by atoms with Gasteiger partial charge in [-0.2, -0.15) is 0 Å². The SMILES string of the molecule is C=CCn1nnnc1Sc1nc(C)nc2scc(CC(C)C)c12. The third kappa shape index (κ3) is 3.42. The Morgan fingerprint density at radius 3 is 2.96 bits per heavy atom. The maximum absolute atomic E-state index is 4.64. The molecule has 0 amide bonds. The molecule has 0 aliphatic rings. The summed E-state index contributed by atoms with van der Waals surface area (Å²) >= 11 is 3.16. The minimum absolute atomic E-state index is 0.574. The van der Waals surface area contributed by atoms with Crippen LogP contribution < -0.4 is 0 Å². The highest BCUT2D eigenvalue weighted by molar-refractivity contribution is 7.99. The number of allylic oxidation sites excluding steroid dienone is 1. The Bertz CT molecular complexity index is 836. The smallest absolute Gasteiger partial charge is 0.215 e.